The molecule has 2 rings (SSSR count). The van der Waals surface area contributed by atoms with E-state index < -0.39 is 42.2 Å². The maximum absolute atomic E-state index is 12.6. The molecule has 0 aromatic heterocycles. The number of ether oxygens (including phenoxy) is 2. The third-order valence-electron chi connectivity index (χ3n) is 4.59. The van der Waals surface area contributed by atoms with Crippen molar-refractivity contribution in [3.63, 3.8) is 0 Å². The van der Waals surface area contributed by atoms with Gasteiger partial charge in [-0.25, -0.2) is 9.59 Å². The molecule has 0 aliphatic carbocycles. The van der Waals surface area contributed by atoms with E-state index in [0.717, 1.165) is 0 Å². The second kappa shape index (κ2) is 17.6. The van der Waals surface area contributed by atoms with Crippen LogP contribution in [0.5, 0.6) is 5.75 Å². The van der Waals surface area contributed by atoms with Crippen LogP contribution in [0.4, 0.5) is 26.3 Å². The number of esters is 1. The van der Waals surface area contributed by atoms with Gasteiger partial charge >= 0.3 is 30.3 Å². The van der Waals surface area contributed by atoms with Crippen LogP contribution in [0.1, 0.15) is 34.8 Å². The third kappa shape index (κ3) is 15.6. The minimum Gasteiger partial charge on any atom is -0.491 e. The van der Waals surface area contributed by atoms with Crippen molar-refractivity contribution in [2.24, 2.45) is 11.5 Å². The summed E-state index contributed by atoms with van der Waals surface area (Å²) in [6.07, 6.45) is -10.2. The zero-order valence-corrected chi connectivity index (χ0v) is 22.6. The molecule has 1 atom stereocenters. The highest BCUT2D eigenvalue weighted by Gasteiger charge is 2.38. The van der Waals surface area contributed by atoms with E-state index >= 15 is 0 Å². The molecule has 19 heteroatoms. The molecule has 242 valence electrons. The first kappa shape index (κ1) is 38.6. The number of carboxylic acids is 2. The molecule has 0 fully saturated rings. The number of nitrogens with two attached hydrogens (primary N) is 2. The Balaban J connectivity index is 0.00000109. The van der Waals surface area contributed by atoms with Crippen molar-refractivity contribution in [2.75, 3.05) is 13.2 Å². The van der Waals surface area contributed by atoms with Crippen molar-refractivity contribution < 1.29 is 65.2 Å². The van der Waals surface area contributed by atoms with Gasteiger partial charge in [-0.3, -0.25) is 20.4 Å². The molecule has 2 aromatic rings. The van der Waals surface area contributed by atoms with Crippen molar-refractivity contribution in [3.05, 3.63) is 65.2 Å². The lowest BCUT2D eigenvalue weighted by molar-refractivity contribution is -0.193. The Morgan fingerprint density at radius 2 is 1.30 bits per heavy atom. The molecule has 13 nitrogen and oxygen atoms in total. The van der Waals surface area contributed by atoms with E-state index in [1.807, 2.05) is 0 Å². The summed E-state index contributed by atoms with van der Waals surface area (Å²) in [5.41, 5.74) is 12.3. The van der Waals surface area contributed by atoms with Crippen LogP contribution in [-0.2, 0) is 19.1 Å². The molecule has 0 heterocycles. The van der Waals surface area contributed by atoms with E-state index in [9.17, 15) is 35.9 Å². The van der Waals surface area contributed by atoms with Gasteiger partial charge in [0, 0.05) is 16.7 Å². The molecule has 44 heavy (non-hydrogen) atoms. The van der Waals surface area contributed by atoms with Crippen molar-refractivity contribution >= 4 is 35.5 Å². The summed E-state index contributed by atoms with van der Waals surface area (Å²) in [5, 5.41) is 31.9. The molecule has 0 aliphatic heterocycles. The number of carbonyl (C=O) groups is 4. The highest BCUT2D eigenvalue weighted by atomic mass is 19.4. The summed E-state index contributed by atoms with van der Waals surface area (Å²) in [7, 11) is 0. The SMILES string of the molecule is CCOC(=O)C[C@@H](COc1cccc(C(=N)N)c1)NC(=O)c1ccc(C(=N)N)cc1.O=C(O)C(F)(F)F.O=C(O)C(F)(F)F. The number of benzene rings is 2. The second-order valence-electron chi connectivity index (χ2n) is 8.03. The fourth-order valence-electron chi connectivity index (χ4n) is 2.59. The third-order valence-corrected chi connectivity index (χ3v) is 4.59. The lowest BCUT2D eigenvalue weighted by Crippen LogP contribution is -2.41. The van der Waals surface area contributed by atoms with Crippen LogP contribution in [0.25, 0.3) is 0 Å². The van der Waals surface area contributed by atoms with Crippen LogP contribution < -0.4 is 21.5 Å². The van der Waals surface area contributed by atoms with Gasteiger partial charge in [-0.1, -0.05) is 24.3 Å². The van der Waals surface area contributed by atoms with Gasteiger partial charge in [0.2, 0.25) is 0 Å². The van der Waals surface area contributed by atoms with Gasteiger partial charge in [0.05, 0.1) is 19.1 Å². The molecule has 0 unspecified atom stereocenters. The van der Waals surface area contributed by atoms with Crippen molar-refractivity contribution in [1.82, 2.24) is 5.32 Å². The first-order chi connectivity index (χ1) is 20.2. The molecule has 0 aliphatic rings. The first-order valence-electron chi connectivity index (χ1n) is 11.8. The molecular weight excluding hydrogens is 612 g/mol. The van der Waals surface area contributed by atoms with E-state index in [-0.39, 0.29) is 31.3 Å². The number of halogens is 6. The largest absolute Gasteiger partial charge is 0.491 e. The molecular formula is C25H27F6N5O8. The Bertz CT molecular complexity index is 1290. The molecule has 0 saturated carbocycles. The summed E-state index contributed by atoms with van der Waals surface area (Å²) >= 11 is 0. The summed E-state index contributed by atoms with van der Waals surface area (Å²) < 4.78 is 74.2. The average molecular weight is 640 g/mol. The Morgan fingerprint density at radius 3 is 1.70 bits per heavy atom. The minimum absolute atomic E-state index is 0.0114. The van der Waals surface area contributed by atoms with Gasteiger partial charge in [0.1, 0.15) is 24.0 Å². The fraction of sp³-hybridized carbons (Fsp3) is 0.280. The zero-order chi connectivity index (χ0) is 34.3. The summed E-state index contributed by atoms with van der Waals surface area (Å²) in [6.45, 7) is 1.94. The van der Waals surface area contributed by atoms with Gasteiger partial charge in [0.25, 0.3) is 5.91 Å². The van der Waals surface area contributed by atoms with E-state index in [1.54, 1.807) is 55.5 Å². The molecule has 2 aromatic carbocycles. The predicted molar refractivity (Wildman–Crippen MR) is 140 cm³/mol. The second-order valence-corrected chi connectivity index (χ2v) is 8.03. The zero-order valence-electron chi connectivity index (χ0n) is 22.6. The first-order valence-corrected chi connectivity index (χ1v) is 11.8. The molecule has 0 bridgehead atoms. The highest BCUT2D eigenvalue weighted by Crippen LogP contribution is 2.15. The van der Waals surface area contributed by atoms with Crippen LogP contribution in [0.15, 0.2) is 48.5 Å². The summed E-state index contributed by atoms with van der Waals surface area (Å²) in [5.74, 6) is -6.11. The van der Waals surface area contributed by atoms with Crippen molar-refractivity contribution in [2.45, 2.75) is 31.7 Å². The average Bonchev–Trinajstić information content (AvgIpc) is 2.91. The van der Waals surface area contributed by atoms with Gasteiger partial charge in [-0.2, -0.15) is 26.3 Å². The quantitative estimate of drug-likeness (QED) is 0.0868. The van der Waals surface area contributed by atoms with Crippen LogP contribution in [0.3, 0.4) is 0 Å². The number of carboxylic acid groups (broad SMARTS) is 2. The maximum atomic E-state index is 12.6. The number of carbonyl (C=O) groups excluding carboxylic acids is 2. The Kier molecular flexibility index (Phi) is 15.4. The smallest absolute Gasteiger partial charge is 0.490 e. The predicted octanol–water partition coefficient (Wildman–Crippen LogP) is 2.65. The standard InChI is InChI=1S/C21H25N5O4.2C2HF3O2/c1-2-29-18(27)11-16(12-30-17-5-3-4-15(10-17)20(24)25)26-21(28)14-8-6-13(7-9-14)19(22)23;2*3-2(4,5)1(6)7/h3-10,16H,2,11-12H2,1H3,(H3,22,23)(H3,24,25)(H,26,28);2*(H,6,7)/t16-;;/m0../s1. The normalized spacial score (nSPS) is 11.2. The van der Waals surface area contributed by atoms with Gasteiger partial charge in [-0.05, 0) is 31.2 Å². The Labute approximate surface area is 244 Å². The van der Waals surface area contributed by atoms with Crippen LogP contribution in [0, 0.1) is 10.8 Å². The van der Waals surface area contributed by atoms with Gasteiger partial charge in [0.15, 0.2) is 0 Å². The molecule has 1 amide bonds. The molecule has 0 radical (unpaired) electrons. The Morgan fingerprint density at radius 1 is 0.841 bits per heavy atom. The van der Waals surface area contributed by atoms with Crippen LogP contribution in [-0.4, -0.2) is 77.3 Å². The highest BCUT2D eigenvalue weighted by molar-refractivity contribution is 5.98. The number of aliphatic carboxylic acids is 2. The Hall–Kier alpha value is -5.36. The lowest BCUT2D eigenvalue weighted by Gasteiger charge is -2.19. The number of rotatable bonds is 10. The molecule has 0 saturated heterocycles. The van der Waals surface area contributed by atoms with Crippen LogP contribution >= 0.6 is 0 Å². The van der Waals surface area contributed by atoms with E-state index in [0.29, 0.717) is 22.4 Å². The van der Waals surface area contributed by atoms with Crippen molar-refractivity contribution in [3.8, 4) is 5.75 Å². The van der Waals surface area contributed by atoms with E-state index in [4.69, 9.17) is 51.6 Å². The monoisotopic (exact) mass is 639 g/mol. The maximum Gasteiger partial charge on any atom is 0.490 e. The number of nitrogens with one attached hydrogen (secondary N) is 3. The van der Waals surface area contributed by atoms with Crippen LogP contribution in [0.2, 0.25) is 0 Å². The molecule has 9 N–H and O–H groups in total. The lowest BCUT2D eigenvalue weighted by atomic mass is 10.1. The summed E-state index contributed by atoms with van der Waals surface area (Å²) in [4.78, 5) is 42.3. The fourth-order valence-corrected chi connectivity index (χ4v) is 2.59. The number of alkyl halides is 6. The van der Waals surface area contributed by atoms with Gasteiger partial charge in [-0.15, -0.1) is 0 Å². The number of amides is 1. The number of hydrogen-bond donors (Lipinski definition) is 7. The van der Waals surface area contributed by atoms with E-state index in [2.05, 4.69) is 5.32 Å². The minimum atomic E-state index is -5.08. The number of hydrogen-bond acceptors (Lipinski definition) is 8. The molecule has 0 spiro atoms. The number of amidine groups is 2. The van der Waals surface area contributed by atoms with Gasteiger partial charge < -0.3 is 36.5 Å². The summed E-state index contributed by atoms with van der Waals surface area (Å²) in [6, 6.07) is 12.3. The number of nitrogen functional groups attached to an aromatic ring is 2. The topological polar surface area (TPSA) is 239 Å². The van der Waals surface area contributed by atoms with E-state index in [1.165, 1.54) is 0 Å². The van der Waals surface area contributed by atoms with Crippen molar-refractivity contribution in [1.29, 1.82) is 10.8 Å².